The lowest BCUT2D eigenvalue weighted by atomic mass is 10.3. The van der Waals surface area contributed by atoms with Gasteiger partial charge in [0.15, 0.2) is 16.8 Å². The van der Waals surface area contributed by atoms with Crippen LogP contribution in [0.5, 0.6) is 0 Å². The lowest BCUT2D eigenvalue weighted by molar-refractivity contribution is 0.0973. The number of fused-ring (bicyclic) bond motifs is 1. The van der Waals surface area contributed by atoms with Crippen LogP contribution < -0.4 is 4.90 Å². The van der Waals surface area contributed by atoms with Gasteiger partial charge in [0.2, 0.25) is 0 Å². The van der Waals surface area contributed by atoms with Crippen LogP contribution in [-0.4, -0.2) is 52.5 Å². The Hall–Kier alpha value is -2.39. The molecule has 6 nitrogen and oxygen atoms in total. The Balaban J connectivity index is 1.98. The van der Waals surface area contributed by atoms with Gasteiger partial charge >= 0.3 is 0 Å². The molecule has 0 bridgehead atoms. The second-order valence-corrected chi connectivity index (χ2v) is 7.22. The minimum atomic E-state index is -0.736. The molecule has 2 heterocycles. The van der Waals surface area contributed by atoms with E-state index in [0.29, 0.717) is 22.8 Å². The molecule has 0 aliphatic heterocycles. The van der Waals surface area contributed by atoms with E-state index in [-0.39, 0.29) is 17.2 Å². The van der Waals surface area contributed by atoms with Gasteiger partial charge in [0.1, 0.15) is 11.3 Å². The summed E-state index contributed by atoms with van der Waals surface area (Å²) in [6.45, 7) is 1.17. The highest BCUT2D eigenvalue weighted by Gasteiger charge is 2.25. The molecule has 9 heteroatoms. The maximum absolute atomic E-state index is 14.0. The fourth-order valence-electron chi connectivity index (χ4n) is 2.58. The number of hydrogen-bond donors (Lipinski definition) is 0. The van der Waals surface area contributed by atoms with E-state index in [1.807, 2.05) is 19.0 Å². The van der Waals surface area contributed by atoms with Crippen molar-refractivity contribution in [3.05, 3.63) is 42.0 Å². The fraction of sp³-hybridized carbons (Fsp3) is 0.353. The van der Waals surface area contributed by atoms with Crippen molar-refractivity contribution in [3.8, 4) is 0 Å². The number of imidazole rings is 1. The lowest BCUT2D eigenvalue weighted by Crippen LogP contribution is -2.35. The van der Waals surface area contributed by atoms with Crippen LogP contribution in [0, 0.1) is 11.6 Å². The molecule has 0 spiro atoms. The van der Waals surface area contributed by atoms with E-state index in [0.717, 1.165) is 23.9 Å². The van der Waals surface area contributed by atoms with E-state index < -0.39 is 11.6 Å². The van der Waals surface area contributed by atoms with Crippen LogP contribution in [0.3, 0.4) is 0 Å². The van der Waals surface area contributed by atoms with E-state index >= 15 is 0 Å². The van der Waals surface area contributed by atoms with Gasteiger partial charge in [-0.3, -0.25) is 9.69 Å². The summed E-state index contributed by atoms with van der Waals surface area (Å²) in [6.07, 6.45) is 3.92. The first-order chi connectivity index (χ1) is 12.4. The number of aryl methyl sites for hydroxylation is 1. The van der Waals surface area contributed by atoms with Gasteiger partial charge in [-0.2, -0.15) is 0 Å². The zero-order chi connectivity index (χ0) is 18.8. The highest BCUT2D eigenvalue weighted by Crippen LogP contribution is 2.31. The van der Waals surface area contributed by atoms with Crippen LogP contribution in [-0.2, 0) is 7.05 Å². The highest BCUT2D eigenvalue weighted by atomic mass is 32.1. The highest BCUT2D eigenvalue weighted by molar-refractivity contribution is 7.22. The molecular weight excluding hydrogens is 360 g/mol. The fourth-order valence-corrected chi connectivity index (χ4v) is 3.61. The number of hydrogen-bond acceptors (Lipinski definition) is 5. The van der Waals surface area contributed by atoms with Crippen LogP contribution in [0.2, 0.25) is 0 Å². The number of rotatable bonds is 6. The van der Waals surface area contributed by atoms with E-state index in [9.17, 15) is 13.6 Å². The number of benzene rings is 1. The number of carbonyl (C=O) groups excluding carboxylic acids is 1. The molecule has 0 aliphatic carbocycles. The first-order valence-corrected chi connectivity index (χ1v) is 8.88. The van der Waals surface area contributed by atoms with Gasteiger partial charge in [0.05, 0.1) is 4.70 Å². The molecule has 0 N–H and O–H groups in total. The van der Waals surface area contributed by atoms with Crippen LogP contribution in [0.4, 0.5) is 13.9 Å². The van der Waals surface area contributed by atoms with Crippen LogP contribution in [0.15, 0.2) is 24.5 Å². The van der Waals surface area contributed by atoms with Gasteiger partial charge in [0.25, 0.3) is 5.91 Å². The Morgan fingerprint density at radius 3 is 2.69 bits per heavy atom. The summed E-state index contributed by atoms with van der Waals surface area (Å²) in [6, 6.07) is 2.02. The Labute approximate surface area is 153 Å². The molecule has 1 amide bonds. The molecule has 1 aromatic carbocycles. The molecule has 0 atom stereocenters. The average molecular weight is 379 g/mol. The molecular formula is C17H19F2N5OS. The third-order valence-corrected chi connectivity index (χ3v) is 4.90. The van der Waals surface area contributed by atoms with Gasteiger partial charge in [-0.25, -0.2) is 18.7 Å². The summed E-state index contributed by atoms with van der Waals surface area (Å²) in [5.74, 6) is -1.46. The van der Waals surface area contributed by atoms with Crippen molar-refractivity contribution in [1.29, 1.82) is 0 Å². The monoisotopic (exact) mass is 379 g/mol. The zero-order valence-corrected chi connectivity index (χ0v) is 15.6. The molecule has 3 aromatic rings. The molecule has 0 saturated carbocycles. The van der Waals surface area contributed by atoms with E-state index in [2.05, 4.69) is 9.97 Å². The van der Waals surface area contributed by atoms with Gasteiger partial charge < -0.3 is 9.47 Å². The molecule has 0 radical (unpaired) electrons. The first-order valence-electron chi connectivity index (χ1n) is 8.06. The van der Waals surface area contributed by atoms with Gasteiger partial charge in [-0.15, -0.1) is 0 Å². The van der Waals surface area contributed by atoms with Crippen molar-refractivity contribution in [3.63, 3.8) is 0 Å². The molecule has 3 rings (SSSR count). The Morgan fingerprint density at radius 2 is 2.04 bits per heavy atom. The maximum Gasteiger partial charge on any atom is 0.296 e. The topological polar surface area (TPSA) is 54.3 Å². The summed E-state index contributed by atoms with van der Waals surface area (Å²) in [7, 11) is 5.62. The van der Waals surface area contributed by atoms with Crippen molar-refractivity contribution in [2.75, 3.05) is 32.1 Å². The van der Waals surface area contributed by atoms with E-state index in [1.165, 1.54) is 11.0 Å². The Bertz CT molecular complexity index is 937. The first kappa shape index (κ1) is 18.4. The van der Waals surface area contributed by atoms with Crippen molar-refractivity contribution < 1.29 is 13.6 Å². The lowest BCUT2D eigenvalue weighted by Gasteiger charge is -2.20. The van der Waals surface area contributed by atoms with Crippen LogP contribution >= 0.6 is 11.3 Å². The standard InChI is InChI=1S/C17H19F2N5OS/c1-22(2)6-4-7-24(16(25)15-20-5-8-23(15)3)17-21-14-12(19)9-11(18)10-13(14)26-17/h5,8-10H,4,6-7H2,1-3H3. The number of anilines is 1. The molecule has 0 unspecified atom stereocenters. The smallest absolute Gasteiger partial charge is 0.296 e. The number of carbonyl (C=O) groups is 1. The number of aromatic nitrogens is 3. The third kappa shape index (κ3) is 3.73. The quantitative estimate of drug-likeness (QED) is 0.661. The normalized spacial score (nSPS) is 11.5. The predicted octanol–water partition coefficient (Wildman–Crippen LogP) is 2.91. The summed E-state index contributed by atoms with van der Waals surface area (Å²) in [5.41, 5.74) is 0.0663. The van der Waals surface area contributed by atoms with E-state index in [4.69, 9.17) is 0 Å². The largest absolute Gasteiger partial charge is 0.330 e. The van der Waals surface area contributed by atoms with E-state index in [1.54, 1.807) is 24.0 Å². The number of nitrogens with zero attached hydrogens (tertiary/aromatic N) is 5. The second-order valence-electron chi connectivity index (χ2n) is 6.21. The van der Waals surface area contributed by atoms with Crippen LogP contribution in [0.1, 0.15) is 17.0 Å². The number of halogens is 2. The summed E-state index contributed by atoms with van der Waals surface area (Å²) < 4.78 is 29.5. The van der Waals surface area contributed by atoms with Gasteiger partial charge in [-0.05, 0) is 33.1 Å². The summed E-state index contributed by atoms with van der Waals surface area (Å²) >= 11 is 1.09. The van der Waals surface area contributed by atoms with Gasteiger partial charge in [-0.1, -0.05) is 11.3 Å². The third-order valence-electron chi connectivity index (χ3n) is 3.88. The molecule has 0 saturated heterocycles. The average Bonchev–Trinajstić information content (AvgIpc) is 3.17. The Kier molecular flexibility index (Phi) is 5.28. The van der Waals surface area contributed by atoms with Crippen LogP contribution in [0.25, 0.3) is 10.2 Å². The molecule has 2 aromatic heterocycles. The SMILES string of the molecule is CN(C)CCCN(C(=O)c1nccn1C)c1nc2c(F)cc(F)cc2s1. The summed E-state index contributed by atoms with van der Waals surface area (Å²) in [5, 5.41) is 0.330. The minimum absolute atomic E-state index is 0.0663. The molecule has 26 heavy (non-hydrogen) atoms. The maximum atomic E-state index is 14.0. The van der Waals surface area contributed by atoms with Crippen molar-refractivity contribution in [1.82, 2.24) is 19.4 Å². The number of amides is 1. The Morgan fingerprint density at radius 1 is 1.27 bits per heavy atom. The summed E-state index contributed by atoms with van der Waals surface area (Å²) in [4.78, 5) is 24.8. The number of thiazole rings is 1. The second kappa shape index (κ2) is 7.46. The minimum Gasteiger partial charge on any atom is -0.330 e. The van der Waals surface area contributed by atoms with Gasteiger partial charge in [0, 0.05) is 32.1 Å². The van der Waals surface area contributed by atoms with Crippen molar-refractivity contribution in [2.24, 2.45) is 7.05 Å². The zero-order valence-electron chi connectivity index (χ0n) is 14.7. The molecule has 0 fully saturated rings. The van der Waals surface area contributed by atoms with Crippen molar-refractivity contribution >= 4 is 32.6 Å². The predicted molar refractivity (Wildman–Crippen MR) is 97.6 cm³/mol. The molecule has 138 valence electrons. The molecule has 0 aliphatic rings. The van der Waals surface area contributed by atoms with Crippen molar-refractivity contribution in [2.45, 2.75) is 6.42 Å².